The smallest absolute Gasteiger partial charge is 0.241 e. The van der Waals surface area contributed by atoms with Crippen LogP contribution in [0.15, 0.2) is 28.8 Å². The first-order valence-electron chi connectivity index (χ1n) is 7.18. The second-order valence-electron chi connectivity index (χ2n) is 5.68. The highest BCUT2D eigenvalue weighted by Crippen LogP contribution is 2.20. The van der Waals surface area contributed by atoms with Crippen LogP contribution in [-0.2, 0) is 6.54 Å². The van der Waals surface area contributed by atoms with Crippen LogP contribution in [0.2, 0.25) is 5.02 Å². The molecule has 3 rings (SSSR count). The van der Waals surface area contributed by atoms with Gasteiger partial charge in [0.25, 0.3) is 0 Å². The molecule has 2 aromatic rings. The molecule has 1 fully saturated rings. The van der Waals surface area contributed by atoms with Crippen LogP contribution in [0.5, 0.6) is 0 Å². The summed E-state index contributed by atoms with van der Waals surface area (Å²) in [7, 11) is 0. The molecule has 0 radical (unpaired) electrons. The lowest BCUT2D eigenvalue weighted by Crippen LogP contribution is -2.45. The summed E-state index contributed by atoms with van der Waals surface area (Å²) in [5.41, 5.74) is 6.94. The summed E-state index contributed by atoms with van der Waals surface area (Å²) in [5, 5.41) is 4.73. The zero-order chi connectivity index (χ0) is 14.8. The second kappa shape index (κ2) is 6.13. The fraction of sp³-hybridized carbons (Fsp3) is 0.467. The normalized spacial score (nSPS) is 23.4. The van der Waals surface area contributed by atoms with Crippen molar-refractivity contribution in [2.75, 3.05) is 13.1 Å². The van der Waals surface area contributed by atoms with Crippen LogP contribution in [0.1, 0.15) is 19.2 Å². The van der Waals surface area contributed by atoms with Crippen LogP contribution in [0.3, 0.4) is 0 Å². The van der Waals surface area contributed by atoms with Crippen LogP contribution in [-0.4, -0.2) is 34.2 Å². The SMILES string of the molecule is CC1CN(Cc2nc(-c3ccc(Cl)cc3)no2)CCC1N. The number of benzene rings is 1. The standard InChI is InChI=1S/C15H19ClN4O/c1-10-8-20(7-6-13(10)17)9-14-18-15(19-21-14)11-2-4-12(16)5-3-11/h2-5,10,13H,6-9,17H2,1H3. The lowest BCUT2D eigenvalue weighted by atomic mass is 9.95. The van der Waals surface area contributed by atoms with Gasteiger partial charge < -0.3 is 10.3 Å². The average molecular weight is 307 g/mol. The molecule has 0 saturated carbocycles. The Morgan fingerprint density at radius 2 is 2.14 bits per heavy atom. The van der Waals surface area contributed by atoms with Gasteiger partial charge in [-0.05, 0) is 36.6 Å². The van der Waals surface area contributed by atoms with Gasteiger partial charge in [-0.3, -0.25) is 4.90 Å². The van der Waals surface area contributed by atoms with Gasteiger partial charge in [0.1, 0.15) is 0 Å². The van der Waals surface area contributed by atoms with E-state index in [0.29, 0.717) is 35.2 Å². The first-order valence-corrected chi connectivity index (χ1v) is 7.56. The van der Waals surface area contributed by atoms with E-state index >= 15 is 0 Å². The van der Waals surface area contributed by atoms with Crippen LogP contribution < -0.4 is 5.73 Å². The number of hydrogen-bond donors (Lipinski definition) is 1. The summed E-state index contributed by atoms with van der Waals surface area (Å²) in [6.45, 7) is 4.81. The van der Waals surface area contributed by atoms with E-state index in [4.69, 9.17) is 21.9 Å². The van der Waals surface area contributed by atoms with Crippen molar-refractivity contribution >= 4 is 11.6 Å². The maximum absolute atomic E-state index is 6.04. The summed E-state index contributed by atoms with van der Waals surface area (Å²) in [6, 6.07) is 7.72. The third-order valence-electron chi connectivity index (χ3n) is 3.99. The van der Waals surface area contributed by atoms with Gasteiger partial charge in [-0.2, -0.15) is 4.98 Å². The van der Waals surface area contributed by atoms with Crippen molar-refractivity contribution in [3.8, 4) is 11.4 Å². The summed E-state index contributed by atoms with van der Waals surface area (Å²) in [6.07, 6.45) is 1.01. The molecular weight excluding hydrogens is 288 g/mol. The van der Waals surface area contributed by atoms with Gasteiger partial charge in [0.15, 0.2) is 0 Å². The Morgan fingerprint density at radius 3 is 2.86 bits per heavy atom. The number of nitrogens with two attached hydrogens (primary N) is 1. The predicted molar refractivity (Wildman–Crippen MR) is 81.8 cm³/mol. The molecule has 21 heavy (non-hydrogen) atoms. The Kier molecular flexibility index (Phi) is 4.24. The van der Waals surface area contributed by atoms with E-state index in [2.05, 4.69) is 22.0 Å². The molecule has 0 spiro atoms. The number of hydrogen-bond acceptors (Lipinski definition) is 5. The van der Waals surface area contributed by atoms with E-state index in [0.717, 1.165) is 25.1 Å². The van der Waals surface area contributed by atoms with Gasteiger partial charge >= 0.3 is 0 Å². The molecule has 2 N–H and O–H groups in total. The number of nitrogens with zero attached hydrogens (tertiary/aromatic N) is 3. The highest BCUT2D eigenvalue weighted by molar-refractivity contribution is 6.30. The minimum atomic E-state index is 0.300. The molecular formula is C15H19ClN4O. The Labute approximate surface area is 129 Å². The van der Waals surface area contributed by atoms with Crippen molar-refractivity contribution in [1.29, 1.82) is 0 Å². The van der Waals surface area contributed by atoms with Crippen LogP contribution in [0.4, 0.5) is 0 Å². The number of piperidine rings is 1. The Morgan fingerprint density at radius 1 is 1.38 bits per heavy atom. The molecule has 1 aromatic carbocycles. The molecule has 112 valence electrons. The van der Waals surface area contributed by atoms with Gasteiger partial charge in [-0.1, -0.05) is 23.7 Å². The predicted octanol–water partition coefficient (Wildman–Crippen LogP) is 2.56. The van der Waals surface area contributed by atoms with E-state index in [1.807, 2.05) is 24.3 Å². The average Bonchev–Trinajstić information content (AvgIpc) is 2.92. The van der Waals surface area contributed by atoms with Gasteiger partial charge in [0.2, 0.25) is 11.7 Å². The third kappa shape index (κ3) is 3.43. The molecule has 0 bridgehead atoms. The molecule has 2 atom stereocenters. The molecule has 1 aliphatic heterocycles. The molecule has 1 aromatic heterocycles. The maximum atomic E-state index is 6.04. The molecule has 6 heteroatoms. The van der Waals surface area contributed by atoms with E-state index < -0.39 is 0 Å². The van der Waals surface area contributed by atoms with Crippen LogP contribution in [0, 0.1) is 5.92 Å². The largest absolute Gasteiger partial charge is 0.338 e. The highest BCUT2D eigenvalue weighted by atomic mass is 35.5. The number of likely N-dealkylation sites (tertiary alicyclic amines) is 1. The van der Waals surface area contributed by atoms with Gasteiger partial charge in [0, 0.05) is 29.7 Å². The summed E-state index contributed by atoms with van der Waals surface area (Å²) >= 11 is 5.88. The molecule has 1 aliphatic rings. The summed E-state index contributed by atoms with van der Waals surface area (Å²) < 4.78 is 5.35. The van der Waals surface area contributed by atoms with Crippen LogP contribution >= 0.6 is 11.6 Å². The first kappa shape index (κ1) is 14.5. The second-order valence-corrected chi connectivity index (χ2v) is 6.12. The topological polar surface area (TPSA) is 68.2 Å². The maximum Gasteiger partial charge on any atom is 0.241 e. The fourth-order valence-electron chi connectivity index (χ4n) is 2.62. The number of rotatable bonds is 3. The molecule has 2 heterocycles. The quantitative estimate of drug-likeness (QED) is 0.944. The molecule has 0 amide bonds. The van der Waals surface area contributed by atoms with E-state index in [1.54, 1.807) is 0 Å². The Bertz CT molecular complexity index is 598. The van der Waals surface area contributed by atoms with E-state index in [-0.39, 0.29) is 0 Å². The van der Waals surface area contributed by atoms with Crippen molar-refractivity contribution in [1.82, 2.24) is 15.0 Å². The molecule has 2 unspecified atom stereocenters. The van der Waals surface area contributed by atoms with Crippen molar-refractivity contribution in [3.63, 3.8) is 0 Å². The van der Waals surface area contributed by atoms with E-state index in [1.165, 1.54) is 0 Å². The van der Waals surface area contributed by atoms with Crippen molar-refractivity contribution < 1.29 is 4.52 Å². The van der Waals surface area contributed by atoms with Gasteiger partial charge in [-0.25, -0.2) is 0 Å². The minimum absolute atomic E-state index is 0.300. The molecule has 1 saturated heterocycles. The fourth-order valence-corrected chi connectivity index (χ4v) is 2.75. The highest BCUT2D eigenvalue weighted by Gasteiger charge is 2.24. The lowest BCUT2D eigenvalue weighted by molar-refractivity contribution is 0.142. The Balaban J connectivity index is 1.66. The van der Waals surface area contributed by atoms with Crippen molar-refractivity contribution in [2.24, 2.45) is 11.7 Å². The van der Waals surface area contributed by atoms with Crippen molar-refractivity contribution in [3.05, 3.63) is 35.2 Å². The number of aromatic nitrogens is 2. The van der Waals surface area contributed by atoms with Crippen LogP contribution in [0.25, 0.3) is 11.4 Å². The minimum Gasteiger partial charge on any atom is -0.338 e. The Hall–Kier alpha value is -1.43. The zero-order valence-corrected chi connectivity index (χ0v) is 12.8. The monoisotopic (exact) mass is 306 g/mol. The zero-order valence-electron chi connectivity index (χ0n) is 12.0. The summed E-state index contributed by atoms with van der Waals surface area (Å²) in [4.78, 5) is 6.77. The number of halogens is 1. The molecule has 0 aliphatic carbocycles. The first-order chi connectivity index (χ1) is 10.1. The van der Waals surface area contributed by atoms with E-state index in [9.17, 15) is 0 Å². The van der Waals surface area contributed by atoms with Gasteiger partial charge in [0.05, 0.1) is 6.54 Å². The molecule has 5 nitrogen and oxygen atoms in total. The van der Waals surface area contributed by atoms with Gasteiger partial charge in [-0.15, -0.1) is 0 Å². The lowest BCUT2D eigenvalue weighted by Gasteiger charge is -2.34. The third-order valence-corrected chi connectivity index (χ3v) is 4.24. The van der Waals surface area contributed by atoms with Crippen molar-refractivity contribution in [2.45, 2.75) is 25.9 Å². The summed E-state index contributed by atoms with van der Waals surface area (Å²) in [5.74, 6) is 1.74.